The number of hydrogen-bond acceptors (Lipinski definition) is 3. The number of aliphatic hydroxyl groups excluding tert-OH is 1. The zero-order valence-electron chi connectivity index (χ0n) is 11.4. The molecule has 1 unspecified atom stereocenters. The van der Waals surface area contributed by atoms with Crippen LogP contribution in [0.2, 0.25) is 15.1 Å². The van der Waals surface area contributed by atoms with E-state index in [1.54, 1.807) is 30.3 Å². The maximum Gasteiger partial charge on any atom is 0.179 e. The van der Waals surface area contributed by atoms with Crippen molar-refractivity contribution in [2.45, 2.75) is 6.10 Å². The summed E-state index contributed by atoms with van der Waals surface area (Å²) >= 11 is 18.0. The predicted molar refractivity (Wildman–Crippen MR) is 85.1 cm³/mol. The van der Waals surface area contributed by atoms with Crippen LogP contribution in [0.3, 0.4) is 0 Å². The van der Waals surface area contributed by atoms with Gasteiger partial charge in [-0.15, -0.1) is 0 Å². The number of rotatable bonds is 4. The zero-order valence-corrected chi connectivity index (χ0v) is 13.6. The molecule has 2 aromatic carbocycles. The molecule has 0 saturated carbocycles. The van der Waals surface area contributed by atoms with E-state index in [9.17, 15) is 5.11 Å². The Bertz CT molecular complexity index is 659. The molecule has 1 atom stereocenters. The van der Waals surface area contributed by atoms with Crippen LogP contribution in [0.4, 0.5) is 0 Å². The second-order valence-electron chi connectivity index (χ2n) is 4.31. The van der Waals surface area contributed by atoms with E-state index in [0.717, 1.165) is 0 Å². The van der Waals surface area contributed by atoms with Gasteiger partial charge in [-0.05, 0) is 35.4 Å². The Hall–Kier alpha value is -1.13. The summed E-state index contributed by atoms with van der Waals surface area (Å²) in [4.78, 5) is 0. The van der Waals surface area contributed by atoms with E-state index in [2.05, 4.69) is 0 Å². The average Bonchev–Trinajstić information content (AvgIpc) is 2.48. The molecule has 0 aromatic heterocycles. The number of ether oxygens (including phenoxy) is 2. The number of aliphatic hydroxyl groups is 1. The molecular weight excluding hydrogens is 335 g/mol. The normalized spacial score (nSPS) is 12.1. The lowest BCUT2D eigenvalue weighted by Gasteiger charge is -2.16. The van der Waals surface area contributed by atoms with Crippen molar-refractivity contribution < 1.29 is 14.6 Å². The van der Waals surface area contributed by atoms with Gasteiger partial charge in [-0.25, -0.2) is 0 Å². The van der Waals surface area contributed by atoms with Gasteiger partial charge in [0, 0.05) is 0 Å². The third-order valence-corrected chi connectivity index (χ3v) is 4.05. The van der Waals surface area contributed by atoms with Gasteiger partial charge in [-0.3, -0.25) is 0 Å². The van der Waals surface area contributed by atoms with Crippen molar-refractivity contribution in [1.29, 1.82) is 0 Å². The van der Waals surface area contributed by atoms with Gasteiger partial charge in [0.05, 0.1) is 29.3 Å². The highest BCUT2D eigenvalue weighted by molar-refractivity contribution is 6.42. The van der Waals surface area contributed by atoms with Crippen LogP contribution in [0.5, 0.6) is 11.5 Å². The lowest BCUT2D eigenvalue weighted by atomic mass is 10.0. The van der Waals surface area contributed by atoms with Crippen LogP contribution < -0.4 is 9.47 Å². The highest BCUT2D eigenvalue weighted by atomic mass is 35.5. The highest BCUT2D eigenvalue weighted by Gasteiger charge is 2.17. The zero-order chi connectivity index (χ0) is 15.6. The maximum absolute atomic E-state index is 10.5. The molecule has 3 nitrogen and oxygen atoms in total. The van der Waals surface area contributed by atoms with Gasteiger partial charge in [0.15, 0.2) is 11.5 Å². The Morgan fingerprint density at radius 3 is 2.10 bits per heavy atom. The van der Waals surface area contributed by atoms with Crippen LogP contribution >= 0.6 is 34.8 Å². The molecule has 0 bridgehead atoms. The van der Waals surface area contributed by atoms with Gasteiger partial charge in [0.25, 0.3) is 0 Å². The predicted octanol–water partition coefficient (Wildman–Crippen LogP) is 4.75. The Morgan fingerprint density at radius 2 is 1.52 bits per heavy atom. The van der Waals surface area contributed by atoms with Crippen molar-refractivity contribution in [3.05, 3.63) is 56.5 Å². The maximum atomic E-state index is 10.5. The van der Waals surface area contributed by atoms with Crippen molar-refractivity contribution >= 4 is 34.8 Å². The van der Waals surface area contributed by atoms with Gasteiger partial charge in [-0.1, -0.05) is 40.9 Å². The first-order chi connectivity index (χ1) is 9.97. The summed E-state index contributed by atoms with van der Waals surface area (Å²) in [7, 11) is 3.00. The van der Waals surface area contributed by atoms with E-state index in [0.29, 0.717) is 37.7 Å². The third kappa shape index (κ3) is 3.38. The largest absolute Gasteiger partial charge is 0.493 e. The van der Waals surface area contributed by atoms with E-state index in [1.807, 2.05) is 0 Å². The molecule has 6 heteroatoms. The molecule has 0 fully saturated rings. The summed E-state index contributed by atoms with van der Waals surface area (Å²) in [5, 5.41) is 11.6. The molecule has 112 valence electrons. The number of hydrogen-bond donors (Lipinski definition) is 1. The molecule has 0 radical (unpaired) electrons. The highest BCUT2D eigenvalue weighted by Crippen LogP contribution is 2.39. The fraction of sp³-hybridized carbons (Fsp3) is 0.200. The minimum atomic E-state index is -0.905. The molecule has 0 saturated heterocycles. The van der Waals surface area contributed by atoms with Crippen LogP contribution in [0.25, 0.3) is 0 Å². The Balaban J connectivity index is 2.45. The third-order valence-electron chi connectivity index (χ3n) is 3.03. The summed E-state index contributed by atoms with van der Waals surface area (Å²) < 4.78 is 10.4. The molecule has 21 heavy (non-hydrogen) atoms. The standard InChI is InChI=1S/C15H13Cl3O3/c1-20-13-7-9(6-12(18)15(13)21-2)14(19)8-3-4-10(16)11(17)5-8/h3-7,14,19H,1-2H3. The van der Waals surface area contributed by atoms with Gasteiger partial charge in [0.1, 0.15) is 6.10 Å². The average molecular weight is 348 g/mol. The number of benzene rings is 2. The van der Waals surface area contributed by atoms with Gasteiger partial charge >= 0.3 is 0 Å². The van der Waals surface area contributed by atoms with Crippen molar-refractivity contribution in [3.63, 3.8) is 0 Å². The second-order valence-corrected chi connectivity index (χ2v) is 5.54. The molecule has 0 spiro atoms. The second kappa shape index (κ2) is 6.75. The summed E-state index contributed by atoms with van der Waals surface area (Å²) in [5.41, 5.74) is 1.17. The first-order valence-electron chi connectivity index (χ1n) is 6.02. The van der Waals surface area contributed by atoms with Crippen LogP contribution in [-0.4, -0.2) is 19.3 Å². The smallest absolute Gasteiger partial charge is 0.179 e. The molecule has 0 amide bonds. The summed E-state index contributed by atoms with van der Waals surface area (Å²) in [6, 6.07) is 8.22. The minimum Gasteiger partial charge on any atom is -0.493 e. The first kappa shape index (κ1) is 16.2. The lowest BCUT2D eigenvalue weighted by Crippen LogP contribution is -2.02. The monoisotopic (exact) mass is 346 g/mol. The van der Waals surface area contributed by atoms with Crippen molar-refractivity contribution in [2.24, 2.45) is 0 Å². The van der Waals surface area contributed by atoms with Crippen molar-refractivity contribution in [3.8, 4) is 11.5 Å². The Kier molecular flexibility index (Phi) is 5.22. The molecule has 0 aliphatic heterocycles. The summed E-state index contributed by atoms with van der Waals surface area (Å²) in [6.07, 6.45) is -0.905. The number of halogens is 3. The van der Waals surface area contributed by atoms with E-state index in [4.69, 9.17) is 44.3 Å². The fourth-order valence-electron chi connectivity index (χ4n) is 1.97. The Morgan fingerprint density at radius 1 is 0.857 bits per heavy atom. The van der Waals surface area contributed by atoms with E-state index < -0.39 is 6.10 Å². The SMILES string of the molecule is COc1cc(C(O)c2ccc(Cl)c(Cl)c2)cc(Cl)c1OC. The van der Waals surface area contributed by atoms with Crippen molar-refractivity contribution in [2.75, 3.05) is 14.2 Å². The topological polar surface area (TPSA) is 38.7 Å². The summed E-state index contributed by atoms with van der Waals surface area (Å²) in [6.45, 7) is 0. The van der Waals surface area contributed by atoms with E-state index in [-0.39, 0.29) is 0 Å². The van der Waals surface area contributed by atoms with Crippen molar-refractivity contribution in [1.82, 2.24) is 0 Å². The van der Waals surface area contributed by atoms with Crippen LogP contribution in [-0.2, 0) is 0 Å². The van der Waals surface area contributed by atoms with Crippen LogP contribution in [0, 0.1) is 0 Å². The molecule has 1 N–H and O–H groups in total. The van der Waals surface area contributed by atoms with Gasteiger partial charge in [0.2, 0.25) is 0 Å². The van der Waals surface area contributed by atoms with E-state index in [1.165, 1.54) is 14.2 Å². The number of methoxy groups -OCH3 is 2. The molecular formula is C15H13Cl3O3. The first-order valence-corrected chi connectivity index (χ1v) is 7.15. The molecule has 0 heterocycles. The van der Waals surface area contributed by atoms with E-state index >= 15 is 0 Å². The molecule has 0 aliphatic rings. The lowest BCUT2D eigenvalue weighted by molar-refractivity contribution is 0.219. The summed E-state index contributed by atoms with van der Waals surface area (Å²) in [5.74, 6) is 0.864. The van der Waals surface area contributed by atoms with Crippen LogP contribution in [0.1, 0.15) is 17.2 Å². The molecule has 2 aromatic rings. The van der Waals surface area contributed by atoms with Gasteiger partial charge in [-0.2, -0.15) is 0 Å². The fourth-order valence-corrected chi connectivity index (χ4v) is 2.57. The minimum absolute atomic E-state index is 0.353. The molecule has 0 aliphatic carbocycles. The Labute approximate surface area is 138 Å². The van der Waals surface area contributed by atoms with Gasteiger partial charge < -0.3 is 14.6 Å². The molecule has 2 rings (SSSR count). The van der Waals surface area contributed by atoms with Crippen LogP contribution in [0.15, 0.2) is 30.3 Å². The quantitative estimate of drug-likeness (QED) is 0.867.